The molecule has 0 saturated carbocycles. The van der Waals surface area contributed by atoms with Crippen LogP contribution < -0.4 is 0 Å². The van der Waals surface area contributed by atoms with Gasteiger partial charge in [-0.15, -0.1) is 0 Å². The van der Waals surface area contributed by atoms with Gasteiger partial charge in [0.15, 0.2) is 6.10 Å². The number of esters is 1. The first-order valence-corrected chi connectivity index (χ1v) is 10.8. The molecule has 154 valence electrons. The van der Waals surface area contributed by atoms with E-state index >= 15 is 0 Å². The first-order valence-electron chi connectivity index (χ1n) is 9.59. The summed E-state index contributed by atoms with van der Waals surface area (Å²) in [5.41, 5.74) is 2.90. The highest BCUT2D eigenvalue weighted by molar-refractivity contribution is 9.10. The van der Waals surface area contributed by atoms with Gasteiger partial charge in [-0.1, -0.05) is 70.0 Å². The molecule has 0 bridgehead atoms. The second-order valence-electron chi connectivity index (χ2n) is 7.00. The maximum Gasteiger partial charge on any atom is 0.339 e. The standard InChI is InChI=1S/C25H17BrClNO3/c1-15(24(29)17-5-3-2-4-6-17)31-25(30)21-14-23(16-7-10-19(27)11-8-16)28-22-12-9-18(26)13-20(21)22/h2-15H,1H3/t15-/m0/s1. The summed E-state index contributed by atoms with van der Waals surface area (Å²) in [7, 11) is 0. The van der Waals surface area contributed by atoms with Crippen LogP contribution in [0.2, 0.25) is 5.02 Å². The lowest BCUT2D eigenvalue weighted by molar-refractivity contribution is 0.0320. The number of fused-ring (bicyclic) bond motifs is 1. The number of carbonyl (C=O) groups is 2. The lowest BCUT2D eigenvalue weighted by Crippen LogP contribution is -2.24. The van der Waals surface area contributed by atoms with Gasteiger partial charge in [0.1, 0.15) is 0 Å². The Kier molecular flexibility index (Phi) is 6.16. The van der Waals surface area contributed by atoms with E-state index in [0.29, 0.717) is 32.7 Å². The molecule has 4 rings (SSSR count). The summed E-state index contributed by atoms with van der Waals surface area (Å²) in [4.78, 5) is 30.4. The van der Waals surface area contributed by atoms with Crippen molar-refractivity contribution in [3.8, 4) is 11.3 Å². The quantitative estimate of drug-likeness (QED) is 0.227. The fourth-order valence-electron chi connectivity index (χ4n) is 3.25. The Morgan fingerprint density at radius 1 is 0.968 bits per heavy atom. The van der Waals surface area contributed by atoms with Crippen LogP contribution in [0.4, 0.5) is 0 Å². The van der Waals surface area contributed by atoms with E-state index in [1.54, 1.807) is 49.4 Å². The molecule has 1 atom stereocenters. The minimum Gasteiger partial charge on any atom is -0.451 e. The van der Waals surface area contributed by atoms with E-state index in [-0.39, 0.29) is 5.78 Å². The summed E-state index contributed by atoms with van der Waals surface area (Å²) < 4.78 is 6.37. The smallest absolute Gasteiger partial charge is 0.339 e. The van der Waals surface area contributed by atoms with Crippen molar-refractivity contribution in [3.05, 3.63) is 99.5 Å². The second kappa shape index (κ2) is 9.00. The second-order valence-corrected chi connectivity index (χ2v) is 8.35. The monoisotopic (exact) mass is 493 g/mol. The predicted molar refractivity (Wildman–Crippen MR) is 126 cm³/mol. The number of rotatable bonds is 5. The molecular formula is C25H17BrClNO3. The fraction of sp³-hybridized carbons (Fsp3) is 0.0800. The van der Waals surface area contributed by atoms with Crippen molar-refractivity contribution >= 4 is 50.2 Å². The topological polar surface area (TPSA) is 56.3 Å². The SMILES string of the molecule is C[C@H](OC(=O)c1cc(-c2ccc(Cl)cc2)nc2ccc(Br)cc12)C(=O)c1ccccc1. The van der Waals surface area contributed by atoms with E-state index in [9.17, 15) is 9.59 Å². The van der Waals surface area contributed by atoms with Crippen LogP contribution in [0.25, 0.3) is 22.2 Å². The molecule has 31 heavy (non-hydrogen) atoms. The zero-order chi connectivity index (χ0) is 22.0. The Balaban J connectivity index is 1.72. The van der Waals surface area contributed by atoms with Crippen LogP contribution in [0.15, 0.2) is 83.3 Å². The lowest BCUT2D eigenvalue weighted by atomic mass is 10.0. The van der Waals surface area contributed by atoms with Crippen molar-refractivity contribution in [2.75, 3.05) is 0 Å². The molecule has 0 unspecified atom stereocenters. The highest BCUT2D eigenvalue weighted by Gasteiger charge is 2.22. The van der Waals surface area contributed by atoms with E-state index in [1.165, 1.54) is 0 Å². The maximum atomic E-state index is 13.1. The van der Waals surface area contributed by atoms with Crippen molar-refractivity contribution in [3.63, 3.8) is 0 Å². The van der Waals surface area contributed by atoms with Gasteiger partial charge in [-0.3, -0.25) is 4.79 Å². The molecule has 0 aliphatic heterocycles. The number of ether oxygens (including phenoxy) is 1. The Morgan fingerprint density at radius 3 is 2.39 bits per heavy atom. The first kappa shape index (κ1) is 21.2. The summed E-state index contributed by atoms with van der Waals surface area (Å²) in [5, 5.41) is 1.25. The highest BCUT2D eigenvalue weighted by Crippen LogP contribution is 2.28. The molecule has 1 heterocycles. The molecule has 4 aromatic rings. The minimum atomic E-state index is -0.927. The molecule has 0 fully saturated rings. The average Bonchev–Trinajstić information content (AvgIpc) is 2.78. The van der Waals surface area contributed by atoms with Crippen molar-refractivity contribution < 1.29 is 14.3 Å². The summed E-state index contributed by atoms with van der Waals surface area (Å²) >= 11 is 9.44. The molecule has 0 radical (unpaired) electrons. The van der Waals surface area contributed by atoms with Crippen LogP contribution >= 0.6 is 27.5 Å². The van der Waals surface area contributed by atoms with Gasteiger partial charge in [0.25, 0.3) is 0 Å². The number of hydrogen-bond acceptors (Lipinski definition) is 4. The summed E-state index contributed by atoms with van der Waals surface area (Å²) in [5.74, 6) is -0.844. The molecule has 0 N–H and O–H groups in total. The molecule has 0 aliphatic carbocycles. The van der Waals surface area contributed by atoms with E-state index in [4.69, 9.17) is 16.3 Å². The van der Waals surface area contributed by atoms with Gasteiger partial charge in [0, 0.05) is 26.0 Å². The summed E-state index contributed by atoms with van der Waals surface area (Å²) in [6, 6.07) is 23.2. The zero-order valence-electron chi connectivity index (χ0n) is 16.5. The van der Waals surface area contributed by atoms with Gasteiger partial charge in [-0.25, -0.2) is 9.78 Å². The molecule has 0 aliphatic rings. The Morgan fingerprint density at radius 2 is 1.68 bits per heavy atom. The average molecular weight is 495 g/mol. The van der Waals surface area contributed by atoms with E-state index in [0.717, 1.165) is 10.0 Å². The normalized spacial score (nSPS) is 11.8. The maximum absolute atomic E-state index is 13.1. The number of pyridine rings is 1. The van der Waals surface area contributed by atoms with Gasteiger partial charge in [-0.05, 0) is 43.3 Å². The van der Waals surface area contributed by atoms with Gasteiger partial charge < -0.3 is 4.74 Å². The predicted octanol–water partition coefficient (Wildman–Crippen LogP) is 6.75. The molecule has 0 saturated heterocycles. The van der Waals surface area contributed by atoms with Gasteiger partial charge in [0.2, 0.25) is 5.78 Å². The van der Waals surface area contributed by atoms with Crippen LogP contribution in [-0.2, 0) is 4.74 Å². The largest absolute Gasteiger partial charge is 0.451 e. The third-order valence-corrected chi connectivity index (χ3v) is 5.59. The number of halogens is 2. The van der Waals surface area contributed by atoms with Gasteiger partial charge in [0.05, 0.1) is 16.8 Å². The van der Waals surface area contributed by atoms with E-state index in [2.05, 4.69) is 20.9 Å². The van der Waals surface area contributed by atoms with Crippen LogP contribution in [0.1, 0.15) is 27.6 Å². The van der Waals surface area contributed by atoms with Gasteiger partial charge >= 0.3 is 5.97 Å². The number of benzene rings is 3. The molecule has 1 aromatic heterocycles. The van der Waals surface area contributed by atoms with Crippen LogP contribution in [0.5, 0.6) is 0 Å². The van der Waals surface area contributed by atoms with Crippen LogP contribution in [-0.4, -0.2) is 22.8 Å². The van der Waals surface area contributed by atoms with Crippen LogP contribution in [0.3, 0.4) is 0 Å². The van der Waals surface area contributed by atoms with Crippen molar-refractivity contribution in [2.24, 2.45) is 0 Å². The van der Waals surface area contributed by atoms with Crippen molar-refractivity contribution in [2.45, 2.75) is 13.0 Å². The van der Waals surface area contributed by atoms with Crippen LogP contribution in [0, 0.1) is 0 Å². The summed E-state index contributed by atoms with van der Waals surface area (Å²) in [6.07, 6.45) is -0.927. The minimum absolute atomic E-state index is 0.258. The Bertz CT molecular complexity index is 1270. The molecule has 6 heteroatoms. The molecule has 0 spiro atoms. The number of carbonyl (C=O) groups excluding carboxylic acids is 2. The Hall–Kier alpha value is -3.02. The zero-order valence-corrected chi connectivity index (χ0v) is 18.9. The highest BCUT2D eigenvalue weighted by atomic mass is 79.9. The number of aromatic nitrogens is 1. The van der Waals surface area contributed by atoms with E-state index in [1.807, 2.05) is 36.4 Å². The molecule has 4 nitrogen and oxygen atoms in total. The number of ketones is 1. The third-order valence-electron chi connectivity index (χ3n) is 4.84. The fourth-order valence-corrected chi connectivity index (χ4v) is 3.74. The number of hydrogen-bond donors (Lipinski definition) is 0. The van der Waals surface area contributed by atoms with E-state index < -0.39 is 12.1 Å². The molecular weight excluding hydrogens is 478 g/mol. The first-order chi connectivity index (χ1) is 14.9. The molecule has 3 aromatic carbocycles. The summed E-state index contributed by atoms with van der Waals surface area (Å²) in [6.45, 7) is 1.58. The Labute approximate surface area is 193 Å². The van der Waals surface area contributed by atoms with Crippen molar-refractivity contribution in [1.82, 2.24) is 4.98 Å². The molecule has 0 amide bonds. The number of Topliss-reactive ketones (excluding diaryl/α,β-unsaturated/α-hetero) is 1. The third kappa shape index (κ3) is 4.68. The number of nitrogens with zero attached hydrogens (tertiary/aromatic N) is 1. The van der Waals surface area contributed by atoms with Gasteiger partial charge in [-0.2, -0.15) is 0 Å². The van der Waals surface area contributed by atoms with Crippen molar-refractivity contribution in [1.29, 1.82) is 0 Å². The lowest BCUT2D eigenvalue weighted by Gasteiger charge is -2.14.